The van der Waals surface area contributed by atoms with E-state index in [4.69, 9.17) is 15.3 Å². The Morgan fingerprint density at radius 1 is 1.24 bits per heavy atom. The normalized spacial score (nSPS) is 10.3. The summed E-state index contributed by atoms with van der Waals surface area (Å²) in [5, 5.41) is 9.02. The second-order valence-electron chi connectivity index (χ2n) is 4.46. The first-order valence-electron chi connectivity index (χ1n) is 6.49. The number of aliphatic carboxylic acids is 1. The Bertz CT molecular complexity index is 663. The van der Waals surface area contributed by atoms with Crippen LogP contribution in [-0.2, 0) is 11.2 Å². The summed E-state index contributed by atoms with van der Waals surface area (Å²) in [5.74, 6) is -0.908. The van der Waals surface area contributed by atoms with Gasteiger partial charge in [-0.2, -0.15) is 0 Å². The lowest BCUT2D eigenvalue weighted by molar-refractivity contribution is -0.135. The number of rotatable bonds is 5. The van der Waals surface area contributed by atoms with E-state index < -0.39 is 18.4 Å². The Balaban J connectivity index is 2.38. The summed E-state index contributed by atoms with van der Waals surface area (Å²) in [5.41, 5.74) is 6.50. The molecule has 0 saturated carbocycles. The van der Waals surface area contributed by atoms with Gasteiger partial charge in [-0.1, -0.05) is 19.1 Å². The van der Waals surface area contributed by atoms with E-state index in [0.717, 1.165) is 4.90 Å². The molecule has 0 saturated heterocycles. The molecule has 0 fully saturated rings. The number of hydrogen-bond donors (Lipinski definition) is 2. The van der Waals surface area contributed by atoms with E-state index in [2.05, 4.69) is 0 Å². The van der Waals surface area contributed by atoms with E-state index in [1.807, 2.05) is 6.92 Å². The Hall–Kier alpha value is -2.76. The van der Waals surface area contributed by atoms with Crippen LogP contribution in [0.3, 0.4) is 0 Å². The monoisotopic (exact) mass is 288 g/mol. The fourth-order valence-electron chi connectivity index (χ4n) is 1.95. The molecule has 110 valence electrons. The largest absolute Gasteiger partial charge is 0.480 e. The molecule has 1 heterocycles. The second kappa shape index (κ2) is 6.13. The highest BCUT2D eigenvalue weighted by molar-refractivity contribution is 6.08. The molecule has 21 heavy (non-hydrogen) atoms. The number of nitrogen functional groups attached to an aromatic ring is 1. The van der Waals surface area contributed by atoms with Crippen LogP contribution in [-0.4, -0.2) is 23.5 Å². The number of carbonyl (C=O) groups is 2. The zero-order valence-electron chi connectivity index (χ0n) is 11.6. The number of carboxylic acid groups (broad SMARTS) is 1. The minimum atomic E-state index is -1.13. The molecule has 6 nitrogen and oxygen atoms in total. The molecular formula is C15H16N2O4. The van der Waals surface area contributed by atoms with Crippen molar-refractivity contribution >= 4 is 23.3 Å². The van der Waals surface area contributed by atoms with Crippen molar-refractivity contribution < 1.29 is 19.1 Å². The van der Waals surface area contributed by atoms with Gasteiger partial charge >= 0.3 is 5.97 Å². The molecule has 0 bridgehead atoms. The number of carbonyl (C=O) groups excluding carboxylic acids is 1. The molecule has 0 radical (unpaired) electrons. The number of para-hydroxylation sites is 2. The number of nitrogens with zero attached hydrogens (tertiary/aromatic N) is 1. The van der Waals surface area contributed by atoms with Gasteiger partial charge in [0.15, 0.2) is 5.76 Å². The van der Waals surface area contributed by atoms with Gasteiger partial charge in [-0.05, 0) is 24.3 Å². The van der Waals surface area contributed by atoms with Crippen LogP contribution in [0.5, 0.6) is 0 Å². The van der Waals surface area contributed by atoms with Crippen LogP contribution in [0.15, 0.2) is 40.8 Å². The predicted molar refractivity (Wildman–Crippen MR) is 78.3 cm³/mol. The number of hydrogen-bond acceptors (Lipinski definition) is 4. The van der Waals surface area contributed by atoms with Gasteiger partial charge in [-0.25, -0.2) is 0 Å². The highest BCUT2D eigenvalue weighted by Crippen LogP contribution is 2.24. The Morgan fingerprint density at radius 2 is 1.95 bits per heavy atom. The minimum Gasteiger partial charge on any atom is -0.480 e. The summed E-state index contributed by atoms with van der Waals surface area (Å²) in [7, 11) is 0. The van der Waals surface area contributed by atoms with E-state index in [9.17, 15) is 9.59 Å². The van der Waals surface area contributed by atoms with Crippen LogP contribution in [0, 0.1) is 0 Å². The lowest BCUT2D eigenvalue weighted by Gasteiger charge is -2.21. The molecule has 6 heteroatoms. The molecule has 1 amide bonds. The maximum absolute atomic E-state index is 12.5. The maximum Gasteiger partial charge on any atom is 0.323 e. The molecule has 1 aromatic carbocycles. The van der Waals surface area contributed by atoms with Crippen molar-refractivity contribution in [3.63, 3.8) is 0 Å². The van der Waals surface area contributed by atoms with Crippen molar-refractivity contribution in [2.75, 3.05) is 17.2 Å². The maximum atomic E-state index is 12.5. The fourth-order valence-corrected chi connectivity index (χ4v) is 1.95. The number of amides is 1. The molecular weight excluding hydrogens is 272 g/mol. The average Bonchev–Trinajstić information content (AvgIpc) is 2.93. The molecule has 3 N–H and O–H groups in total. The average molecular weight is 288 g/mol. The van der Waals surface area contributed by atoms with Gasteiger partial charge in [-0.3, -0.25) is 14.5 Å². The van der Waals surface area contributed by atoms with E-state index in [1.165, 1.54) is 6.07 Å². The van der Waals surface area contributed by atoms with Crippen molar-refractivity contribution in [3.05, 3.63) is 47.9 Å². The number of anilines is 2. The molecule has 0 aliphatic rings. The van der Waals surface area contributed by atoms with Crippen LogP contribution in [0.4, 0.5) is 11.4 Å². The minimum absolute atomic E-state index is 0.0938. The molecule has 0 aliphatic carbocycles. The summed E-state index contributed by atoms with van der Waals surface area (Å²) in [6, 6.07) is 9.84. The molecule has 0 atom stereocenters. The Labute approximate surface area is 121 Å². The number of carboxylic acids is 1. The summed E-state index contributed by atoms with van der Waals surface area (Å²) in [6.07, 6.45) is 0.652. The molecule has 2 aromatic rings. The standard InChI is InChI=1S/C15H16N2O4/c1-2-10-7-8-13(21-10)15(20)17(9-14(18)19)12-6-4-3-5-11(12)16/h3-8H,2,9,16H2,1H3,(H,18,19). The summed E-state index contributed by atoms with van der Waals surface area (Å²) < 4.78 is 5.39. The van der Waals surface area contributed by atoms with Crippen molar-refractivity contribution in [2.45, 2.75) is 13.3 Å². The topological polar surface area (TPSA) is 96.8 Å². The fraction of sp³-hybridized carbons (Fsp3) is 0.200. The lowest BCUT2D eigenvalue weighted by Crippen LogP contribution is -2.36. The summed E-state index contributed by atoms with van der Waals surface area (Å²) in [6.45, 7) is 1.41. The van der Waals surface area contributed by atoms with E-state index in [0.29, 0.717) is 23.6 Å². The Morgan fingerprint density at radius 3 is 2.52 bits per heavy atom. The first-order chi connectivity index (χ1) is 10.0. The third-order valence-corrected chi connectivity index (χ3v) is 2.99. The number of aryl methyl sites for hydroxylation is 1. The van der Waals surface area contributed by atoms with Gasteiger partial charge in [0, 0.05) is 6.42 Å². The van der Waals surface area contributed by atoms with Crippen LogP contribution in [0.2, 0.25) is 0 Å². The lowest BCUT2D eigenvalue weighted by atomic mass is 10.2. The Kier molecular flexibility index (Phi) is 4.27. The van der Waals surface area contributed by atoms with Gasteiger partial charge in [0.2, 0.25) is 0 Å². The van der Waals surface area contributed by atoms with Gasteiger partial charge in [0.25, 0.3) is 5.91 Å². The van der Waals surface area contributed by atoms with Crippen molar-refractivity contribution in [1.29, 1.82) is 0 Å². The first kappa shape index (κ1) is 14.6. The number of furan rings is 1. The second-order valence-corrected chi connectivity index (χ2v) is 4.46. The zero-order valence-corrected chi connectivity index (χ0v) is 11.6. The highest BCUT2D eigenvalue weighted by atomic mass is 16.4. The SMILES string of the molecule is CCc1ccc(C(=O)N(CC(=O)O)c2ccccc2N)o1. The van der Waals surface area contributed by atoms with Crippen molar-refractivity contribution in [3.8, 4) is 0 Å². The van der Waals surface area contributed by atoms with Crippen molar-refractivity contribution in [1.82, 2.24) is 0 Å². The highest BCUT2D eigenvalue weighted by Gasteiger charge is 2.24. The van der Waals surface area contributed by atoms with Gasteiger partial charge in [0.1, 0.15) is 12.3 Å². The van der Waals surface area contributed by atoms with E-state index in [1.54, 1.807) is 30.3 Å². The smallest absolute Gasteiger partial charge is 0.323 e. The number of benzene rings is 1. The van der Waals surface area contributed by atoms with Gasteiger partial charge in [-0.15, -0.1) is 0 Å². The van der Waals surface area contributed by atoms with E-state index >= 15 is 0 Å². The third kappa shape index (κ3) is 3.22. The van der Waals surface area contributed by atoms with Crippen LogP contribution in [0.1, 0.15) is 23.2 Å². The first-order valence-corrected chi connectivity index (χ1v) is 6.49. The van der Waals surface area contributed by atoms with Crippen LogP contribution >= 0.6 is 0 Å². The molecule has 2 rings (SSSR count). The predicted octanol–water partition coefficient (Wildman–Crippen LogP) is 2.16. The summed E-state index contributed by atoms with van der Waals surface area (Å²) >= 11 is 0. The third-order valence-electron chi connectivity index (χ3n) is 2.99. The van der Waals surface area contributed by atoms with E-state index in [-0.39, 0.29) is 5.76 Å². The van der Waals surface area contributed by atoms with Crippen LogP contribution < -0.4 is 10.6 Å². The molecule has 1 aromatic heterocycles. The zero-order chi connectivity index (χ0) is 15.4. The number of nitrogens with two attached hydrogens (primary N) is 1. The molecule has 0 aliphatic heterocycles. The molecule has 0 unspecified atom stereocenters. The van der Waals surface area contributed by atoms with Crippen LogP contribution in [0.25, 0.3) is 0 Å². The summed E-state index contributed by atoms with van der Waals surface area (Å²) in [4.78, 5) is 24.6. The van der Waals surface area contributed by atoms with Gasteiger partial charge in [0.05, 0.1) is 11.4 Å². The quantitative estimate of drug-likeness (QED) is 0.822. The van der Waals surface area contributed by atoms with Gasteiger partial charge < -0.3 is 15.3 Å². The molecule has 0 spiro atoms. The van der Waals surface area contributed by atoms with Crippen molar-refractivity contribution in [2.24, 2.45) is 0 Å².